The Balaban J connectivity index is 1.35. The molecule has 6 rings (SSSR count). The average molecular weight is 523 g/mol. The maximum absolute atomic E-state index is 14.7. The lowest BCUT2D eigenvalue weighted by molar-refractivity contribution is -0.169. The molecule has 3 fully saturated rings. The van der Waals surface area contributed by atoms with Crippen LogP contribution >= 0.6 is 0 Å². The van der Waals surface area contributed by atoms with Gasteiger partial charge in [-0.25, -0.2) is 0 Å². The maximum atomic E-state index is 14.7. The van der Waals surface area contributed by atoms with Crippen molar-refractivity contribution >= 4 is 5.78 Å². The van der Waals surface area contributed by atoms with E-state index < -0.39 is 16.8 Å². The first-order valence-corrected chi connectivity index (χ1v) is 14.1. The number of para-hydroxylation sites is 1. The standard InChI is InChI=1S/C32H42O6/c1-18-16-31-19(2)14-23-25(29(23,3)4)22(26(31)33)15-21(17-37-30(5,6)34)28-32(31,38-28)27(18)36-13-12-20-10-8-9-11-24(20)35-7/h8-11,15-16,19,22-23,25,27-28,34H,12-14,17H2,1-7H3/t19-,22?,23?,25+,27?,28?,31?,32?/m1/s1. The summed E-state index contributed by atoms with van der Waals surface area (Å²) in [5.41, 5.74) is 1.78. The van der Waals surface area contributed by atoms with Crippen LogP contribution in [0.2, 0.25) is 0 Å². The Morgan fingerprint density at radius 1 is 1.21 bits per heavy atom. The summed E-state index contributed by atoms with van der Waals surface area (Å²) in [5, 5.41) is 10.3. The van der Waals surface area contributed by atoms with Crippen LogP contribution in [0.5, 0.6) is 5.75 Å². The first-order chi connectivity index (χ1) is 17.9. The SMILES string of the molecule is COc1ccccc1CCOC1C(C)=CC23C(=O)C(C=C(COC(C)(C)O)C4OC142)[C@H]1C(C[C@H]3C)C1(C)C. The smallest absolute Gasteiger partial charge is 0.160 e. The lowest BCUT2D eigenvalue weighted by Crippen LogP contribution is -2.53. The fourth-order valence-electron chi connectivity index (χ4n) is 8.45. The largest absolute Gasteiger partial charge is 0.496 e. The highest BCUT2D eigenvalue weighted by Crippen LogP contribution is 2.75. The number of rotatable bonds is 8. The van der Waals surface area contributed by atoms with Crippen molar-refractivity contribution in [1.82, 2.24) is 0 Å². The predicted molar refractivity (Wildman–Crippen MR) is 144 cm³/mol. The van der Waals surface area contributed by atoms with Crippen LogP contribution in [-0.4, -0.2) is 54.8 Å². The number of epoxide rings is 1. The van der Waals surface area contributed by atoms with Crippen molar-refractivity contribution in [3.05, 3.63) is 53.1 Å². The zero-order valence-corrected chi connectivity index (χ0v) is 23.7. The number of fused-ring (bicyclic) bond motifs is 3. The van der Waals surface area contributed by atoms with Crippen LogP contribution in [-0.2, 0) is 25.4 Å². The minimum atomic E-state index is -1.27. The Morgan fingerprint density at radius 3 is 2.66 bits per heavy atom. The summed E-state index contributed by atoms with van der Waals surface area (Å²) in [4.78, 5) is 14.7. The zero-order chi connectivity index (χ0) is 27.3. The summed E-state index contributed by atoms with van der Waals surface area (Å²) in [5.74, 6) is 0.647. The minimum absolute atomic E-state index is 0.138. The molecule has 6 heteroatoms. The number of hydrogen-bond acceptors (Lipinski definition) is 6. The van der Waals surface area contributed by atoms with Gasteiger partial charge in [0, 0.05) is 5.92 Å². The molecule has 0 amide bonds. The second kappa shape index (κ2) is 8.50. The van der Waals surface area contributed by atoms with E-state index in [4.69, 9.17) is 18.9 Å². The van der Waals surface area contributed by atoms with Crippen molar-refractivity contribution < 1.29 is 28.8 Å². The third kappa shape index (κ3) is 3.56. The summed E-state index contributed by atoms with van der Waals surface area (Å²) in [7, 11) is 1.69. The zero-order valence-electron chi connectivity index (χ0n) is 23.7. The molecular weight excluding hydrogens is 480 g/mol. The van der Waals surface area contributed by atoms with Gasteiger partial charge in [0.25, 0.3) is 0 Å². The fraction of sp³-hybridized carbons (Fsp3) is 0.656. The Morgan fingerprint density at radius 2 is 1.95 bits per heavy atom. The normalized spacial score (nSPS) is 40.2. The number of carbonyl (C=O) groups excluding carboxylic acids is 1. The molecular formula is C32H42O6. The molecule has 8 atom stereocenters. The van der Waals surface area contributed by atoms with Crippen molar-refractivity contribution in [3.8, 4) is 5.75 Å². The molecule has 0 aromatic heterocycles. The molecule has 1 aromatic rings. The molecule has 6 nitrogen and oxygen atoms in total. The number of ether oxygens (including phenoxy) is 4. The highest BCUT2D eigenvalue weighted by Gasteiger charge is 2.83. The molecule has 1 aliphatic heterocycles. The first-order valence-electron chi connectivity index (χ1n) is 14.1. The van der Waals surface area contributed by atoms with Crippen LogP contribution in [0.25, 0.3) is 0 Å². The van der Waals surface area contributed by atoms with Crippen LogP contribution in [0.15, 0.2) is 47.6 Å². The second-order valence-electron chi connectivity index (χ2n) is 13.3. The van der Waals surface area contributed by atoms with Crippen LogP contribution < -0.4 is 4.74 Å². The summed E-state index contributed by atoms with van der Waals surface area (Å²) >= 11 is 0. The van der Waals surface area contributed by atoms with E-state index in [1.807, 2.05) is 18.2 Å². The van der Waals surface area contributed by atoms with Crippen molar-refractivity contribution in [1.29, 1.82) is 0 Å². The molecule has 1 saturated heterocycles. The molecule has 1 N–H and O–H groups in total. The molecule has 1 heterocycles. The molecule has 6 unspecified atom stereocenters. The third-order valence-corrected chi connectivity index (χ3v) is 10.3. The van der Waals surface area contributed by atoms with Crippen molar-refractivity contribution in [2.75, 3.05) is 20.3 Å². The third-order valence-electron chi connectivity index (χ3n) is 10.3. The Labute approximate surface area is 226 Å². The number of carbonyl (C=O) groups is 1. The van der Waals surface area contributed by atoms with E-state index in [0.29, 0.717) is 24.9 Å². The number of hydrogen-bond donors (Lipinski definition) is 1. The van der Waals surface area contributed by atoms with Gasteiger partial charge in [-0.2, -0.15) is 0 Å². The van der Waals surface area contributed by atoms with Crippen LogP contribution in [0.4, 0.5) is 0 Å². The lowest BCUT2D eigenvalue weighted by atomic mass is 9.61. The van der Waals surface area contributed by atoms with Gasteiger partial charge >= 0.3 is 0 Å². The van der Waals surface area contributed by atoms with E-state index >= 15 is 0 Å². The summed E-state index contributed by atoms with van der Waals surface area (Å²) in [6, 6.07) is 8.00. The van der Waals surface area contributed by atoms with E-state index in [9.17, 15) is 9.90 Å². The second-order valence-corrected chi connectivity index (χ2v) is 13.3. The van der Waals surface area contributed by atoms with Crippen molar-refractivity contribution in [2.24, 2.45) is 34.5 Å². The van der Waals surface area contributed by atoms with E-state index in [1.54, 1.807) is 21.0 Å². The van der Waals surface area contributed by atoms with E-state index in [0.717, 1.165) is 28.9 Å². The van der Waals surface area contributed by atoms with Crippen LogP contribution in [0, 0.1) is 34.5 Å². The highest BCUT2D eigenvalue weighted by molar-refractivity contribution is 5.96. The molecule has 2 bridgehead atoms. The average Bonchev–Trinajstić information content (AvgIpc) is 3.70. The molecule has 5 aliphatic rings. The molecule has 2 saturated carbocycles. The number of ketones is 1. The quantitative estimate of drug-likeness (QED) is 0.298. The van der Waals surface area contributed by atoms with E-state index in [1.165, 1.54) is 0 Å². The van der Waals surface area contributed by atoms with Gasteiger partial charge in [-0.1, -0.05) is 51.1 Å². The van der Waals surface area contributed by atoms with Gasteiger partial charge in [-0.15, -0.1) is 0 Å². The molecule has 4 aliphatic carbocycles. The van der Waals surface area contributed by atoms with Gasteiger partial charge in [0.05, 0.1) is 25.7 Å². The Hall–Kier alpha value is -1.99. The number of methoxy groups -OCH3 is 1. The van der Waals surface area contributed by atoms with Crippen LogP contribution in [0.1, 0.15) is 53.5 Å². The number of benzene rings is 1. The number of Topliss-reactive ketones (excluding diaryl/α,β-unsaturated/α-hetero) is 1. The minimum Gasteiger partial charge on any atom is -0.496 e. The van der Waals surface area contributed by atoms with Gasteiger partial charge in [0.2, 0.25) is 0 Å². The van der Waals surface area contributed by atoms with Crippen molar-refractivity contribution in [2.45, 2.75) is 78.0 Å². The summed E-state index contributed by atoms with van der Waals surface area (Å²) < 4.78 is 24.8. The first kappa shape index (κ1) is 26.2. The van der Waals surface area contributed by atoms with Crippen LogP contribution in [0.3, 0.4) is 0 Å². The lowest BCUT2D eigenvalue weighted by Gasteiger charge is -2.40. The molecule has 1 aromatic carbocycles. The van der Waals surface area contributed by atoms with E-state index in [-0.39, 0.29) is 41.8 Å². The summed E-state index contributed by atoms with van der Waals surface area (Å²) in [6.07, 6.45) is 5.49. The Kier molecular flexibility index (Phi) is 5.87. The van der Waals surface area contributed by atoms with Gasteiger partial charge in [0.15, 0.2) is 11.6 Å². The predicted octanol–water partition coefficient (Wildman–Crippen LogP) is 4.89. The highest BCUT2D eigenvalue weighted by atomic mass is 16.7. The monoisotopic (exact) mass is 522 g/mol. The molecule has 38 heavy (non-hydrogen) atoms. The maximum Gasteiger partial charge on any atom is 0.160 e. The topological polar surface area (TPSA) is 77.5 Å². The van der Waals surface area contributed by atoms with Gasteiger partial charge in [0.1, 0.15) is 23.6 Å². The number of aliphatic hydroxyl groups is 1. The molecule has 0 radical (unpaired) electrons. The fourth-order valence-corrected chi connectivity index (χ4v) is 8.45. The Bertz CT molecular complexity index is 1210. The summed E-state index contributed by atoms with van der Waals surface area (Å²) in [6.45, 7) is 12.9. The van der Waals surface area contributed by atoms with Crippen molar-refractivity contribution in [3.63, 3.8) is 0 Å². The van der Waals surface area contributed by atoms with Gasteiger partial charge in [-0.3, -0.25) is 4.79 Å². The van der Waals surface area contributed by atoms with E-state index in [2.05, 4.69) is 45.9 Å². The number of allylic oxidation sites excluding steroid dienone is 1. The molecule has 206 valence electrons. The molecule has 2 spiro atoms. The van der Waals surface area contributed by atoms with Gasteiger partial charge < -0.3 is 24.1 Å². The van der Waals surface area contributed by atoms with Gasteiger partial charge in [-0.05, 0) is 79.6 Å².